The van der Waals surface area contributed by atoms with Crippen LogP contribution in [0.2, 0.25) is 26.2 Å². The summed E-state index contributed by atoms with van der Waals surface area (Å²) in [4.78, 5) is 0. The quantitative estimate of drug-likeness (QED) is 0.120. The molecule has 8 aromatic carbocycles. The van der Waals surface area contributed by atoms with Crippen LogP contribution in [0.15, 0.2) is 216 Å². The standard InChI is InChI=1S/4C16H13.2C2H7Si.2ClH.2Hf/c4*1-12-9-14-7-8-15(11-16(14)10-12)13-5-3-2-4-6-13;2*1-3-2;;;;/h4*2-11H,1H3;2*3H,1-2H3;2*1H;;/q;;;;;;;;2*+1/p-2. The number of halogens is 2. The molecule has 0 spiro atoms. The molecule has 0 amide bonds. The van der Waals surface area contributed by atoms with Crippen LogP contribution in [0.3, 0.4) is 0 Å². The number of hydrogen-bond donors (Lipinski definition) is 0. The smallest absolute Gasteiger partial charge is 1.00 e. The molecule has 4 aliphatic carbocycles. The van der Waals surface area contributed by atoms with E-state index in [-0.39, 0.29) is 24.8 Å². The third kappa shape index (κ3) is 10.6. The molecule has 0 radical (unpaired) electrons. The first-order valence-corrected chi connectivity index (χ1v) is 52.8. The Labute approximate surface area is 471 Å². The Hall–Kier alpha value is -4.53. The molecular formula is C68H66Cl2Hf2Si2. The van der Waals surface area contributed by atoms with Gasteiger partial charge in [-0.25, -0.2) is 0 Å². The summed E-state index contributed by atoms with van der Waals surface area (Å²) < 4.78 is 2.87. The van der Waals surface area contributed by atoms with E-state index in [2.05, 4.69) is 272 Å². The Morgan fingerprint density at radius 3 is 0.662 bits per heavy atom. The first-order valence-electron chi connectivity index (χ1n) is 26.3. The third-order valence-electron chi connectivity index (χ3n) is 16.0. The molecule has 0 heterocycles. The van der Waals surface area contributed by atoms with Crippen molar-refractivity contribution in [2.75, 3.05) is 0 Å². The minimum atomic E-state index is -2.16. The summed E-state index contributed by atoms with van der Waals surface area (Å²) in [6, 6.07) is 72.4. The van der Waals surface area contributed by atoms with Gasteiger partial charge in [-0.15, -0.1) is 0 Å². The number of hydrogen-bond acceptors (Lipinski definition) is 0. The molecule has 0 N–H and O–H groups in total. The van der Waals surface area contributed by atoms with Crippen molar-refractivity contribution < 1.29 is 66.0 Å². The number of allylic oxidation sites excluding steroid dienone is 4. The van der Waals surface area contributed by atoms with Gasteiger partial charge in [0.1, 0.15) is 0 Å². The molecule has 0 saturated carbocycles. The van der Waals surface area contributed by atoms with Crippen LogP contribution in [-0.4, -0.2) is 12.0 Å². The predicted molar refractivity (Wildman–Crippen MR) is 311 cm³/mol. The Kier molecular flexibility index (Phi) is 17.1. The fourth-order valence-corrected chi connectivity index (χ4v) is 78.8. The largest absolute Gasteiger partial charge is 1.00 e. The molecule has 0 fully saturated rings. The molecule has 368 valence electrons. The summed E-state index contributed by atoms with van der Waals surface area (Å²) in [5, 5.41) is 0. The molecule has 6 heteroatoms. The number of rotatable bonds is 10. The second kappa shape index (κ2) is 23.4. The van der Waals surface area contributed by atoms with E-state index in [0.717, 1.165) is 14.7 Å². The molecule has 4 unspecified atom stereocenters. The van der Waals surface area contributed by atoms with Crippen LogP contribution in [0.25, 0.3) is 68.8 Å². The normalized spacial score (nSPS) is 17.5. The minimum Gasteiger partial charge on any atom is -1.00 e. The van der Waals surface area contributed by atoms with Crippen molar-refractivity contribution >= 4 is 36.3 Å². The number of benzene rings is 8. The molecule has 0 nitrogen and oxygen atoms in total. The topological polar surface area (TPSA) is 0 Å². The Bertz CT molecular complexity index is 2980. The Morgan fingerprint density at radius 1 is 0.270 bits per heavy atom. The van der Waals surface area contributed by atoms with Crippen molar-refractivity contribution in [2.45, 2.75) is 68.6 Å². The van der Waals surface area contributed by atoms with Crippen molar-refractivity contribution in [2.24, 2.45) is 0 Å². The van der Waals surface area contributed by atoms with Gasteiger partial charge < -0.3 is 24.8 Å². The van der Waals surface area contributed by atoms with Gasteiger partial charge in [0, 0.05) is 0 Å². The fraction of sp³-hybridized carbons (Fsp3) is 0.176. The summed E-state index contributed by atoms with van der Waals surface area (Å²) >= 11 is -4.32. The maximum Gasteiger partial charge on any atom is -1.00 e. The Morgan fingerprint density at radius 2 is 0.473 bits per heavy atom. The van der Waals surface area contributed by atoms with Crippen molar-refractivity contribution in [3.05, 3.63) is 261 Å². The van der Waals surface area contributed by atoms with E-state index >= 15 is 0 Å². The molecule has 8 aromatic rings. The van der Waals surface area contributed by atoms with Crippen LogP contribution in [0.4, 0.5) is 0 Å². The first kappa shape index (κ1) is 54.3. The molecular weight excluding hydrogens is 1300 g/mol. The van der Waals surface area contributed by atoms with Gasteiger partial charge in [-0.1, -0.05) is 0 Å². The molecule has 74 heavy (non-hydrogen) atoms. The SMILES string of the molecule is CC1=Cc2cc(-c3ccccc3)ccc2[CH]1[Hf+]([CH]1C(C)=Cc2cc(-c3ccccc3)ccc21)[SiH](C)C.CC1=Cc2cc(-c3ccccc3)ccc2[CH]1[Hf+]([CH]1C(C)=Cc2cc(-c3ccccc3)ccc21)[SiH](C)C.[Cl-].[Cl-]. The van der Waals surface area contributed by atoms with Gasteiger partial charge in [-0.05, 0) is 0 Å². The van der Waals surface area contributed by atoms with E-state index < -0.39 is 53.2 Å². The molecule has 0 saturated heterocycles. The van der Waals surface area contributed by atoms with Crippen molar-refractivity contribution in [3.8, 4) is 44.5 Å². The van der Waals surface area contributed by atoms with Gasteiger partial charge in [0.15, 0.2) is 0 Å². The van der Waals surface area contributed by atoms with Crippen LogP contribution in [0.5, 0.6) is 0 Å². The molecule has 12 rings (SSSR count). The first-order chi connectivity index (χ1) is 35.0. The fourth-order valence-electron chi connectivity index (χ4n) is 12.8. The zero-order valence-corrected chi connectivity index (χ0v) is 55.0. The second-order valence-corrected chi connectivity index (χ2v) is 77.3. The molecule has 0 bridgehead atoms. The summed E-state index contributed by atoms with van der Waals surface area (Å²) in [5.74, 6) is -1.60. The van der Waals surface area contributed by atoms with Gasteiger partial charge >= 0.3 is 451 Å². The second-order valence-electron chi connectivity index (χ2n) is 21.4. The number of fused-ring (bicyclic) bond motifs is 4. The van der Waals surface area contributed by atoms with Crippen molar-refractivity contribution in [3.63, 3.8) is 0 Å². The summed E-state index contributed by atoms with van der Waals surface area (Å²) in [7, 11) is 0. The molecule has 0 aliphatic heterocycles. The van der Waals surface area contributed by atoms with Gasteiger partial charge in [0.05, 0.1) is 0 Å². The van der Waals surface area contributed by atoms with Crippen LogP contribution >= 0.6 is 0 Å². The van der Waals surface area contributed by atoms with Gasteiger partial charge in [0.2, 0.25) is 0 Å². The van der Waals surface area contributed by atoms with E-state index in [1.807, 2.05) is 0 Å². The van der Waals surface area contributed by atoms with Crippen LogP contribution in [-0.2, 0) is 41.2 Å². The van der Waals surface area contributed by atoms with Gasteiger partial charge in [0.25, 0.3) is 0 Å². The predicted octanol–water partition coefficient (Wildman–Crippen LogP) is 12.5. The monoisotopic (exact) mass is 1370 g/mol. The molecule has 4 atom stereocenters. The van der Waals surface area contributed by atoms with E-state index in [9.17, 15) is 0 Å². The maximum absolute atomic E-state index is 2.65. The third-order valence-corrected chi connectivity index (χ3v) is 79.0. The van der Waals surface area contributed by atoms with Gasteiger partial charge in [-0.2, -0.15) is 0 Å². The Balaban J connectivity index is 0.000000177. The zero-order valence-electron chi connectivity index (χ0n) is 44.0. The van der Waals surface area contributed by atoms with Crippen LogP contribution in [0, 0.1) is 0 Å². The van der Waals surface area contributed by atoms with E-state index in [4.69, 9.17) is 0 Å². The van der Waals surface area contributed by atoms with E-state index in [1.54, 1.807) is 44.5 Å². The van der Waals surface area contributed by atoms with Crippen LogP contribution < -0.4 is 24.8 Å². The van der Waals surface area contributed by atoms with Gasteiger partial charge in [-0.3, -0.25) is 0 Å². The average Bonchev–Trinajstić information content (AvgIpc) is 4.12. The average molecular weight is 1370 g/mol. The molecule has 4 aliphatic rings. The van der Waals surface area contributed by atoms with E-state index in [1.165, 1.54) is 66.8 Å². The zero-order chi connectivity index (χ0) is 49.6. The van der Waals surface area contributed by atoms with Crippen molar-refractivity contribution in [1.29, 1.82) is 0 Å². The molecule has 0 aromatic heterocycles. The minimum absolute atomic E-state index is 0. The van der Waals surface area contributed by atoms with Crippen molar-refractivity contribution in [1.82, 2.24) is 0 Å². The maximum atomic E-state index is 2.65. The summed E-state index contributed by atoms with van der Waals surface area (Å²) in [5.41, 5.74) is 29.5. The summed E-state index contributed by atoms with van der Waals surface area (Å²) in [6.45, 7) is 20.3. The van der Waals surface area contributed by atoms with E-state index in [0.29, 0.717) is 0 Å². The van der Waals surface area contributed by atoms with Crippen LogP contribution in [0.1, 0.15) is 86.9 Å². The summed E-state index contributed by atoms with van der Waals surface area (Å²) in [6.07, 6.45) is 10.1.